The summed E-state index contributed by atoms with van der Waals surface area (Å²) in [5, 5.41) is 3.51. The number of aromatic nitrogens is 2. The Morgan fingerprint density at radius 2 is 2.42 bits per heavy atom. The summed E-state index contributed by atoms with van der Waals surface area (Å²) in [6.45, 7) is 4.04. The SMILES string of the molecule is CCCn1c(C2CSCCN2)nc2ccc(F)cc21. The molecule has 0 saturated carbocycles. The van der Waals surface area contributed by atoms with E-state index in [1.165, 1.54) is 6.07 Å². The van der Waals surface area contributed by atoms with Gasteiger partial charge in [-0.2, -0.15) is 11.8 Å². The third kappa shape index (κ3) is 2.49. The number of thioether (sulfide) groups is 1. The lowest BCUT2D eigenvalue weighted by Gasteiger charge is -2.23. The van der Waals surface area contributed by atoms with Crippen LogP contribution in [0.25, 0.3) is 11.0 Å². The number of rotatable bonds is 3. The maximum absolute atomic E-state index is 13.4. The van der Waals surface area contributed by atoms with Gasteiger partial charge in [0.25, 0.3) is 0 Å². The van der Waals surface area contributed by atoms with Crippen molar-refractivity contribution >= 4 is 22.8 Å². The molecule has 1 atom stereocenters. The summed E-state index contributed by atoms with van der Waals surface area (Å²) < 4.78 is 15.6. The monoisotopic (exact) mass is 279 g/mol. The lowest BCUT2D eigenvalue weighted by molar-refractivity contribution is 0.526. The van der Waals surface area contributed by atoms with E-state index < -0.39 is 0 Å². The first-order valence-corrected chi connectivity index (χ1v) is 7.92. The normalized spacial score (nSPS) is 20.0. The first-order chi connectivity index (χ1) is 9.29. The molecule has 0 spiro atoms. The second kappa shape index (κ2) is 5.51. The summed E-state index contributed by atoms with van der Waals surface area (Å²) >= 11 is 1.95. The molecule has 1 aromatic carbocycles. The Morgan fingerprint density at radius 3 is 3.16 bits per heavy atom. The summed E-state index contributed by atoms with van der Waals surface area (Å²) in [5.41, 5.74) is 1.80. The van der Waals surface area contributed by atoms with Gasteiger partial charge in [-0.15, -0.1) is 0 Å². The fourth-order valence-corrected chi connectivity index (χ4v) is 3.50. The molecule has 0 bridgehead atoms. The lowest BCUT2D eigenvalue weighted by atomic mass is 10.3. The Labute approximate surface area is 116 Å². The summed E-state index contributed by atoms with van der Waals surface area (Å²) in [6.07, 6.45) is 1.02. The van der Waals surface area contributed by atoms with Crippen LogP contribution in [0.3, 0.4) is 0 Å². The predicted octanol–water partition coefficient (Wildman–Crippen LogP) is 2.96. The zero-order valence-corrected chi connectivity index (χ0v) is 11.8. The van der Waals surface area contributed by atoms with E-state index in [0.717, 1.165) is 47.9 Å². The average molecular weight is 279 g/mol. The number of hydrogen-bond donors (Lipinski definition) is 1. The number of benzene rings is 1. The molecule has 2 aromatic rings. The molecule has 1 unspecified atom stereocenters. The van der Waals surface area contributed by atoms with E-state index in [4.69, 9.17) is 4.98 Å². The zero-order chi connectivity index (χ0) is 13.2. The van der Waals surface area contributed by atoms with Crippen molar-refractivity contribution in [2.45, 2.75) is 25.9 Å². The lowest BCUT2D eigenvalue weighted by Crippen LogP contribution is -2.32. The van der Waals surface area contributed by atoms with Gasteiger partial charge in [0, 0.05) is 24.6 Å². The smallest absolute Gasteiger partial charge is 0.127 e. The van der Waals surface area contributed by atoms with Crippen LogP contribution in [0.2, 0.25) is 0 Å². The molecule has 3 nitrogen and oxygen atoms in total. The Balaban J connectivity index is 2.08. The molecule has 19 heavy (non-hydrogen) atoms. The maximum Gasteiger partial charge on any atom is 0.127 e. The molecule has 2 heterocycles. The van der Waals surface area contributed by atoms with Crippen LogP contribution in [-0.2, 0) is 6.54 Å². The molecule has 1 saturated heterocycles. The van der Waals surface area contributed by atoms with Crippen molar-refractivity contribution in [2.24, 2.45) is 0 Å². The van der Waals surface area contributed by atoms with E-state index in [1.54, 1.807) is 12.1 Å². The largest absolute Gasteiger partial charge is 0.327 e. The fourth-order valence-electron chi connectivity index (χ4n) is 2.57. The van der Waals surface area contributed by atoms with Gasteiger partial charge in [0.2, 0.25) is 0 Å². The van der Waals surface area contributed by atoms with Gasteiger partial charge in [-0.05, 0) is 24.6 Å². The summed E-state index contributed by atoms with van der Waals surface area (Å²) in [4.78, 5) is 4.72. The molecule has 1 aliphatic heterocycles. The summed E-state index contributed by atoms with van der Waals surface area (Å²) in [7, 11) is 0. The highest BCUT2D eigenvalue weighted by Gasteiger charge is 2.22. The molecule has 102 valence electrons. The molecule has 0 radical (unpaired) electrons. The van der Waals surface area contributed by atoms with Crippen LogP contribution < -0.4 is 5.32 Å². The number of nitrogens with zero attached hydrogens (tertiary/aromatic N) is 2. The van der Waals surface area contributed by atoms with Crippen LogP contribution in [0.1, 0.15) is 25.2 Å². The van der Waals surface area contributed by atoms with Crippen molar-refractivity contribution in [3.05, 3.63) is 29.8 Å². The fraction of sp³-hybridized carbons (Fsp3) is 0.500. The highest BCUT2D eigenvalue weighted by molar-refractivity contribution is 7.99. The maximum atomic E-state index is 13.4. The highest BCUT2D eigenvalue weighted by Crippen LogP contribution is 2.26. The van der Waals surface area contributed by atoms with Gasteiger partial charge in [0.1, 0.15) is 11.6 Å². The van der Waals surface area contributed by atoms with Crippen molar-refractivity contribution in [1.29, 1.82) is 0 Å². The molecule has 1 fully saturated rings. The van der Waals surface area contributed by atoms with Crippen LogP contribution in [0.4, 0.5) is 4.39 Å². The molecule has 0 aliphatic carbocycles. The number of halogens is 1. The average Bonchev–Trinajstić information content (AvgIpc) is 2.79. The van der Waals surface area contributed by atoms with Gasteiger partial charge in [-0.3, -0.25) is 0 Å². The van der Waals surface area contributed by atoms with E-state index in [1.807, 2.05) is 11.8 Å². The van der Waals surface area contributed by atoms with E-state index in [9.17, 15) is 4.39 Å². The second-order valence-electron chi connectivity index (χ2n) is 4.84. The predicted molar refractivity (Wildman–Crippen MR) is 78.1 cm³/mol. The van der Waals surface area contributed by atoms with E-state index in [-0.39, 0.29) is 11.9 Å². The number of aryl methyl sites for hydroxylation is 1. The minimum absolute atomic E-state index is 0.192. The minimum atomic E-state index is -0.192. The van der Waals surface area contributed by atoms with Crippen molar-refractivity contribution in [1.82, 2.24) is 14.9 Å². The first kappa shape index (κ1) is 12.9. The molecule has 5 heteroatoms. The topological polar surface area (TPSA) is 29.9 Å². The Kier molecular flexibility index (Phi) is 3.75. The molecular formula is C14H18FN3S. The van der Waals surface area contributed by atoms with Crippen LogP contribution in [0, 0.1) is 5.82 Å². The third-order valence-corrected chi connectivity index (χ3v) is 4.48. The van der Waals surface area contributed by atoms with E-state index >= 15 is 0 Å². The van der Waals surface area contributed by atoms with Gasteiger partial charge >= 0.3 is 0 Å². The Morgan fingerprint density at radius 1 is 1.53 bits per heavy atom. The van der Waals surface area contributed by atoms with Crippen LogP contribution in [-0.4, -0.2) is 27.6 Å². The third-order valence-electron chi connectivity index (χ3n) is 3.42. The zero-order valence-electron chi connectivity index (χ0n) is 11.0. The number of fused-ring (bicyclic) bond motifs is 1. The molecule has 3 rings (SSSR count). The van der Waals surface area contributed by atoms with Gasteiger partial charge < -0.3 is 9.88 Å². The minimum Gasteiger partial charge on any atom is -0.327 e. The summed E-state index contributed by atoms with van der Waals surface area (Å²) in [6, 6.07) is 5.13. The second-order valence-corrected chi connectivity index (χ2v) is 5.99. The number of imidazole rings is 1. The Hall–Kier alpha value is -1.07. The van der Waals surface area contributed by atoms with Crippen molar-refractivity contribution < 1.29 is 4.39 Å². The van der Waals surface area contributed by atoms with Crippen LogP contribution in [0.15, 0.2) is 18.2 Å². The highest BCUT2D eigenvalue weighted by atomic mass is 32.2. The molecule has 1 aromatic heterocycles. The Bertz CT molecular complexity index is 575. The van der Waals surface area contributed by atoms with Gasteiger partial charge in [0.05, 0.1) is 17.1 Å². The molecular weight excluding hydrogens is 261 g/mol. The van der Waals surface area contributed by atoms with Crippen molar-refractivity contribution in [2.75, 3.05) is 18.1 Å². The molecule has 1 aliphatic rings. The standard InChI is InChI=1S/C14H18FN3S/c1-2-6-18-13-8-10(15)3-4-11(13)17-14(18)12-9-19-7-5-16-12/h3-4,8,12,16H,2,5-7,9H2,1H3. The number of nitrogens with one attached hydrogen (secondary N) is 1. The van der Waals surface area contributed by atoms with Gasteiger partial charge in [-0.25, -0.2) is 9.37 Å². The van der Waals surface area contributed by atoms with Gasteiger partial charge in [-0.1, -0.05) is 6.92 Å². The number of hydrogen-bond acceptors (Lipinski definition) is 3. The van der Waals surface area contributed by atoms with E-state index in [2.05, 4.69) is 16.8 Å². The first-order valence-electron chi connectivity index (χ1n) is 6.76. The quantitative estimate of drug-likeness (QED) is 0.937. The van der Waals surface area contributed by atoms with Crippen molar-refractivity contribution in [3.63, 3.8) is 0 Å². The van der Waals surface area contributed by atoms with Crippen LogP contribution in [0.5, 0.6) is 0 Å². The van der Waals surface area contributed by atoms with E-state index in [0.29, 0.717) is 0 Å². The van der Waals surface area contributed by atoms with Crippen LogP contribution >= 0.6 is 11.8 Å². The van der Waals surface area contributed by atoms with Gasteiger partial charge in [0.15, 0.2) is 0 Å². The molecule has 0 amide bonds. The molecule has 1 N–H and O–H groups in total. The van der Waals surface area contributed by atoms with Crippen molar-refractivity contribution in [3.8, 4) is 0 Å². The summed E-state index contributed by atoms with van der Waals surface area (Å²) in [5.74, 6) is 3.05.